The summed E-state index contributed by atoms with van der Waals surface area (Å²) in [4.78, 5) is 2.51. The van der Waals surface area contributed by atoms with Crippen LogP contribution in [-0.4, -0.2) is 37.9 Å². The third kappa shape index (κ3) is 3.47. The normalized spacial score (nSPS) is 14.7. The summed E-state index contributed by atoms with van der Waals surface area (Å²) < 4.78 is 0. The molecule has 0 aliphatic carbocycles. The number of anilines is 1. The minimum Gasteiger partial charge on any atom is -0.395 e. The first kappa shape index (κ1) is 13.4. The van der Waals surface area contributed by atoms with Gasteiger partial charge >= 0.3 is 0 Å². The molecule has 0 saturated heterocycles. The fourth-order valence-corrected chi connectivity index (χ4v) is 2.59. The van der Waals surface area contributed by atoms with E-state index < -0.39 is 0 Å². The van der Waals surface area contributed by atoms with Crippen molar-refractivity contribution in [2.45, 2.75) is 26.2 Å². The molecule has 1 aromatic rings. The quantitative estimate of drug-likeness (QED) is 0.753. The Hall–Kier alpha value is -1.06. The van der Waals surface area contributed by atoms with Gasteiger partial charge in [-0.25, -0.2) is 0 Å². The minimum absolute atomic E-state index is 0.228. The average Bonchev–Trinajstić information content (AvgIpc) is 2.39. The van der Waals surface area contributed by atoms with Gasteiger partial charge in [0.15, 0.2) is 0 Å². The molecular weight excluding hydrogens is 224 g/mol. The van der Waals surface area contributed by atoms with Gasteiger partial charge in [0, 0.05) is 25.3 Å². The number of aliphatic hydroxyl groups is 1. The van der Waals surface area contributed by atoms with Crippen molar-refractivity contribution in [3.05, 3.63) is 29.3 Å². The maximum absolute atomic E-state index is 8.70. The van der Waals surface area contributed by atoms with Crippen molar-refractivity contribution < 1.29 is 5.11 Å². The summed E-state index contributed by atoms with van der Waals surface area (Å²) >= 11 is 0. The van der Waals surface area contributed by atoms with Crippen molar-refractivity contribution in [3.8, 4) is 0 Å². The Balaban J connectivity index is 1.89. The van der Waals surface area contributed by atoms with E-state index in [9.17, 15) is 0 Å². The van der Waals surface area contributed by atoms with Crippen LogP contribution in [0, 0.1) is 6.92 Å². The Labute approximate surface area is 110 Å². The molecule has 0 atom stereocenters. The maximum Gasteiger partial charge on any atom is 0.0555 e. The highest BCUT2D eigenvalue weighted by molar-refractivity contribution is 5.57. The molecule has 0 saturated carbocycles. The molecule has 0 bridgehead atoms. The van der Waals surface area contributed by atoms with Crippen molar-refractivity contribution in [1.82, 2.24) is 5.32 Å². The van der Waals surface area contributed by atoms with Gasteiger partial charge in [-0.1, -0.05) is 12.1 Å². The van der Waals surface area contributed by atoms with Crippen LogP contribution in [0.1, 0.15) is 24.0 Å². The molecule has 0 unspecified atom stereocenters. The van der Waals surface area contributed by atoms with Crippen LogP contribution in [0.25, 0.3) is 0 Å². The number of benzene rings is 1. The van der Waals surface area contributed by atoms with Crippen LogP contribution < -0.4 is 10.2 Å². The van der Waals surface area contributed by atoms with Gasteiger partial charge in [0.05, 0.1) is 6.61 Å². The van der Waals surface area contributed by atoms with Crippen LogP contribution in [-0.2, 0) is 6.42 Å². The lowest BCUT2D eigenvalue weighted by Crippen LogP contribution is -2.32. The number of aliphatic hydroxyl groups excluding tert-OH is 1. The van der Waals surface area contributed by atoms with Gasteiger partial charge in [0.2, 0.25) is 0 Å². The number of aryl methyl sites for hydroxylation is 2. The summed E-state index contributed by atoms with van der Waals surface area (Å²) in [5.41, 5.74) is 4.28. The van der Waals surface area contributed by atoms with Crippen LogP contribution in [0.3, 0.4) is 0 Å². The summed E-state index contributed by atoms with van der Waals surface area (Å²) in [7, 11) is 0. The average molecular weight is 248 g/mol. The summed E-state index contributed by atoms with van der Waals surface area (Å²) in [6.07, 6.45) is 3.61. The van der Waals surface area contributed by atoms with Gasteiger partial charge in [-0.15, -0.1) is 0 Å². The third-order valence-electron chi connectivity index (χ3n) is 3.53. The van der Waals surface area contributed by atoms with E-state index in [0.29, 0.717) is 6.54 Å². The summed E-state index contributed by atoms with van der Waals surface area (Å²) in [6, 6.07) is 6.81. The monoisotopic (exact) mass is 248 g/mol. The van der Waals surface area contributed by atoms with Gasteiger partial charge in [0.25, 0.3) is 0 Å². The highest BCUT2D eigenvalue weighted by Gasteiger charge is 2.15. The van der Waals surface area contributed by atoms with E-state index in [1.807, 2.05) is 0 Å². The van der Waals surface area contributed by atoms with E-state index in [1.165, 1.54) is 36.2 Å². The number of fused-ring (bicyclic) bond motifs is 1. The Kier molecular flexibility index (Phi) is 5.02. The molecule has 2 rings (SSSR count). The first-order valence-corrected chi connectivity index (χ1v) is 6.97. The zero-order chi connectivity index (χ0) is 12.8. The van der Waals surface area contributed by atoms with Gasteiger partial charge in [-0.2, -0.15) is 0 Å². The number of rotatable bonds is 6. The third-order valence-corrected chi connectivity index (χ3v) is 3.53. The Morgan fingerprint density at radius 2 is 2.22 bits per heavy atom. The van der Waals surface area contributed by atoms with Crippen molar-refractivity contribution >= 4 is 5.69 Å². The summed E-state index contributed by atoms with van der Waals surface area (Å²) in [5.74, 6) is 0. The first-order valence-electron chi connectivity index (χ1n) is 6.97. The lowest BCUT2D eigenvalue weighted by Gasteiger charge is -2.31. The molecule has 1 aromatic carbocycles. The predicted molar refractivity (Wildman–Crippen MR) is 76.3 cm³/mol. The second kappa shape index (κ2) is 6.76. The fourth-order valence-electron chi connectivity index (χ4n) is 2.59. The highest BCUT2D eigenvalue weighted by atomic mass is 16.3. The lowest BCUT2D eigenvalue weighted by atomic mass is 10.00. The molecule has 3 heteroatoms. The summed E-state index contributed by atoms with van der Waals surface area (Å²) in [5, 5.41) is 11.9. The van der Waals surface area contributed by atoms with E-state index in [-0.39, 0.29) is 6.61 Å². The lowest BCUT2D eigenvalue weighted by molar-refractivity contribution is 0.292. The fraction of sp³-hybridized carbons (Fsp3) is 0.600. The highest BCUT2D eigenvalue weighted by Crippen LogP contribution is 2.27. The first-order chi connectivity index (χ1) is 8.81. The van der Waals surface area contributed by atoms with Crippen LogP contribution in [0.5, 0.6) is 0 Å². The Morgan fingerprint density at radius 3 is 3.06 bits per heavy atom. The van der Waals surface area contributed by atoms with Crippen LogP contribution in [0.4, 0.5) is 5.69 Å². The van der Waals surface area contributed by atoms with Gasteiger partial charge in [-0.3, -0.25) is 0 Å². The molecule has 18 heavy (non-hydrogen) atoms. The number of hydrogen-bond donors (Lipinski definition) is 2. The maximum atomic E-state index is 8.70. The smallest absolute Gasteiger partial charge is 0.0555 e. The Morgan fingerprint density at radius 1 is 1.33 bits per heavy atom. The zero-order valence-electron chi connectivity index (χ0n) is 11.3. The molecule has 0 fully saturated rings. The number of nitrogens with one attached hydrogen (secondary N) is 1. The van der Waals surface area contributed by atoms with Gasteiger partial charge in [-0.05, 0) is 49.9 Å². The van der Waals surface area contributed by atoms with E-state index in [1.54, 1.807) is 0 Å². The zero-order valence-corrected chi connectivity index (χ0v) is 11.3. The summed E-state index contributed by atoms with van der Waals surface area (Å²) in [6.45, 7) is 6.36. The molecule has 1 aliphatic rings. The molecule has 0 spiro atoms. The van der Waals surface area contributed by atoms with Crippen molar-refractivity contribution in [3.63, 3.8) is 0 Å². The molecule has 1 aliphatic heterocycles. The predicted octanol–water partition coefficient (Wildman–Crippen LogP) is 1.72. The molecule has 2 N–H and O–H groups in total. The van der Waals surface area contributed by atoms with Crippen molar-refractivity contribution in [1.29, 1.82) is 0 Å². The van der Waals surface area contributed by atoms with E-state index in [2.05, 4.69) is 35.3 Å². The van der Waals surface area contributed by atoms with E-state index >= 15 is 0 Å². The van der Waals surface area contributed by atoms with Gasteiger partial charge < -0.3 is 15.3 Å². The Bertz CT molecular complexity index is 379. The standard InChI is InChI=1S/C15H24N2O/c1-13-5-6-14-4-2-9-17(15(14)12-13)10-3-7-16-8-11-18/h5-6,12,16,18H,2-4,7-11H2,1H3. The molecule has 3 nitrogen and oxygen atoms in total. The molecule has 0 amide bonds. The van der Waals surface area contributed by atoms with Crippen LogP contribution in [0.2, 0.25) is 0 Å². The molecule has 1 heterocycles. The number of hydrogen-bond acceptors (Lipinski definition) is 3. The minimum atomic E-state index is 0.228. The molecule has 100 valence electrons. The molecule has 0 radical (unpaired) electrons. The van der Waals surface area contributed by atoms with Crippen molar-refractivity contribution in [2.75, 3.05) is 37.7 Å². The van der Waals surface area contributed by atoms with Crippen LogP contribution >= 0.6 is 0 Å². The van der Waals surface area contributed by atoms with Crippen LogP contribution in [0.15, 0.2) is 18.2 Å². The second-order valence-corrected chi connectivity index (χ2v) is 5.05. The van der Waals surface area contributed by atoms with E-state index in [4.69, 9.17) is 5.11 Å². The molecular formula is C15H24N2O. The van der Waals surface area contributed by atoms with Gasteiger partial charge in [0.1, 0.15) is 0 Å². The largest absolute Gasteiger partial charge is 0.395 e. The SMILES string of the molecule is Cc1ccc2c(c1)N(CCCNCCO)CCC2. The van der Waals surface area contributed by atoms with E-state index in [0.717, 1.165) is 19.5 Å². The molecule has 0 aromatic heterocycles. The topological polar surface area (TPSA) is 35.5 Å². The van der Waals surface area contributed by atoms with Crippen molar-refractivity contribution in [2.24, 2.45) is 0 Å². The second-order valence-electron chi connectivity index (χ2n) is 5.05. The number of nitrogens with zero attached hydrogens (tertiary/aromatic N) is 1.